The number of thioether (sulfide) groups is 1. The summed E-state index contributed by atoms with van der Waals surface area (Å²) in [5.41, 5.74) is -0.0457. The molecule has 32 heavy (non-hydrogen) atoms. The van der Waals surface area contributed by atoms with Crippen molar-refractivity contribution in [2.45, 2.75) is 61.9 Å². The number of hydrogen-bond acceptors (Lipinski definition) is 7. The lowest BCUT2D eigenvalue weighted by Crippen LogP contribution is -2.61. The van der Waals surface area contributed by atoms with E-state index in [1.165, 1.54) is 11.8 Å². The zero-order valence-electron chi connectivity index (χ0n) is 18.4. The molecule has 0 saturated heterocycles. The summed E-state index contributed by atoms with van der Waals surface area (Å²) < 4.78 is 8.59. The van der Waals surface area contributed by atoms with Crippen molar-refractivity contribution in [2.75, 3.05) is 6.61 Å². The number of rotatable bonds is 8. The van der Waals surface area contributed by atoms with Crippen LogP contribution in [0.5, 0.6) is 5.88 Å². The van der Waals surface area contributed by atoms with Crippen LogP contribution < -0.4 is 10.1 Å². The summed E-state index contributed by atoms with van der Waals surface area (Å²) >= 11 is 3.08. The predicted octanol–water partition coefficient (Wildman–Crippen LogP) is 4.26. The van der Waals surface area contributed by atoms with Gasteiger partial charge >= 0.3 is 0 Å². The van der Waals surface area contributed by atoms with E-state index >= 15 is 0 Å². The van der Waals surface area contributed by atoms with Crippen molar-refractivity contribution in [3.05, 3.63) is 28.7 Å². The highest BCUT2D eigenvalue weighted by Crippen LogP contribution is 2.55. The van der Waals surface area contributed by atoms with Gasteiger partial charge in [0.25, 0.3) is 5.91 Å². The monoisotopic (exact) mass is 474 g/mol. The molecule has 172 valence electrons. The van der Waals surface area contributed by atoms with Crippen LogP contribution in [0.4, 0.5) is 0 Å². The minimum absolute atomic E-state index is 0.122. The molecular formula is C23H30N4O3S2. The molecule has 4 fully saturated rings. The summed E-state index contributed by atoms with van der Waals surface area (Å²) in [7, 11) is 0. The zero-order valence-corrected chi connectivity index (χ0v) is 20.1. The van der Waals surface area contributed by atoms with E-state index in [2.05, 4.69) is 29.2 Å². The Balaban J connectivity index is 1.32. The Morgan fingerprint density at radius 1 is 1.41 bits per heavy atom. The van der Waals surface area contributed by atoms with Crippen molar-refractivity contribution in [1.29, 1.82) is 0 Å². The molecule has 6 rings (SSSR count). The fraction of sp³-hybridized carbons (Fsp3) is 0.609. The molecule has 2 heterocycles. The Labute approximate surface area is 196 Å². The van der Waals surface area contributed by atoms with Gasteiger partial charge in [-0.2, -0.15) is 5.10 Å². The molecule has 2 aromatic heterocycles. The van der Waals surface area contributed by atoms with Crippen LogP contribution in [-0.4, -0.2) is 44.0 Å². The molecule has 2 unspecified atom stereocenters. The number of amides is 1. The van der Waals surface area contributed by atoms with Crippen molar-refractivity contribution in [3.63, 3.8) is 0 Å². The van der Waals surface area contributed by atoms with Crippen LogP contribution in [0.25, 0.3) is 6.20 Å². The van der Waals surface area contributed by atoms with Crippen LogP contribution in [0.3, 0.4) is 0 Å². The highest BCUT2D eigenvalue weighted by atomic mass is 32.2. The molecule has 9 heteroatoms. The molecule has 2 N–H and O–H groups in total. The van der Waals surface area contributed by atoms with Crippen LogP contribution in [0.2, 0.25) is 0 Å². The third kappa shape index (κ3) is 4.47. The van der Waals surface area contributed by atoms with Gasteiger partial charge in [0, 0.05) is 23.8 Å². The van der Waals surface area contributed by atoms with Gasteiger partial charge in [0.1, 0.15) is 5.56 Å². The average molecular weight is 475 g/mol. The van der Waals surface area contributed by atoms with Gasteiger partial charge in [-0.25, -0.2) is 9.67 Å². The molecule has 0 radical (unpaired) electrons. The quantitative estimate of drug-likeness (QED) is 0.556. The number of nitrogens with zero attached hydrogens (tertiary/aromatic N) is 3. The summed E-state index contributed by atoms with van der Waals surface area (Å²) in [5.74, 6) is 1.99. The SMILES string of the molecule is CC(C)COc1c(C(=O)NC2C3CC4CC2CC(O)(C4)C3)cnn1C=CSc1nccs1. The van der Waals surface area contributed by atoms with Gasteiger partial charge in [-0.3, -0.25) is 4.79 Å². The van der Waals surface area contributed by atoms with E-state index in [1.54, 1.807) is 34.6 Å². The minimum atomic E-state index is -0.506. The van der Waals surface area contributed by atoms with Gasteiger partial charge in [0.2, 0.25) is 5.88 Å². The first-order chi connectivity index (χ1) is 15.4. The average Bonchev–Trinajstić information content (AvgIpc) is 3.38. The maximum Gasteiger partial charge on any atom is 0.258 e. The molecule has 4 saturated carbocycles. The maximum atomic E-state index is 13.3. The molecule has 1 amide bonds. The van der Waals surface area contributed by atoms with Crippen molar-refractivity contribution < 1.29 is 14.6 Å². The molecule has 0 aliphatic heterocycles. The second kappa shape index (κ2) is 8.83. The maximum absolute atomic E-state index is 13.3. The van der Waals surface area contributed by atoms with Crippen molar-refractivity contribution in [2.24, 2.45) is 23.7 Å². The normalized spacial score (nSPS) is 31.0. The second-order valence-corrected chi connectivity index (χ2v) is 12.0. The van der Waals surface area contributed by atoms with Crippen LogP contribution in [0.1, 0.15) is 56.3 Å². The van der Waals surface area contributed by atoms with Gasteiger partial charge in [-0.1, -0.05) is 25.6 Å². The van der Waals surface area contributed by atoms with E-state index in [-0.39, 0.29) is 11.9 Å². The number of hydrogen-bond donors (Lipinski definition) is 2. The first kappa shape index (κ1) is 22.0. The number of thiazole rings is 1. The Kier molecular flexibility index (Phi) is 6.07. The van der Waals surface area contributed by atoms with Crippen molar-refractivity contribution in [1.82, 2.24) is 20.1 Å². The fourth-order valence-corrected chi connectivity index (χ4v) is 7.19. The number of nitrogens with one attached hydrogen (secondary N) is 1. The van der Waals surface area contributed by atoms with Crippen LogP contribution in [-0.2, 0) is 0 Å². The first-order valence-electron chi connectivity index (χ1n) is 11.4. The van der Waals surface area contributed by atoms with E-state index < -0.39 is 5.60 Å². The summed E-state index contributed by atoms with van der Waals surface area (Å²) in [5, 5.41) is 22.4. The molecule has 4 aliphatic carbocycles. The zero-order chi connectivity index (χ0) is 22.3. The molecule has 4 bridgehead atoms. The summed E-state index contributed by atoms with van der Waals surface area (Å²) in [6.45, 7) is 4.66. The summed E-state index contributed by atoms with van der Waals surface area (Å²) in [6.07, 6.45) is 9.93. The lowest BCUT2D eigenvalue weighted by Gasteiger charge is -2.58. The number of ether oxygens (including phenoxy) is 1. The molecule has 2 aromatic rings. The molecule has 0 aromatic carbocycles. The van der Waals surface area contributed by atoms with E-state index in [1.807, 2.05) is 10.8 Å². The summed E-state index contributed by atoms with van der Waals surface area (Å²) in [4.78, 5) is 17.6. The summed E-state index contributed by atoms with van der Waals surface area (Å²) in [6, 6.07) is 0.122. The van der Waals surface area contributed by atoms with Gasteiger partial charge in [-0.15, -0.1) is 11.3 Å². The van der Waals surface area contributed by atoms with Crippen LogP contribution in [0.15, 0.2) is 27.5 Å². The Bertz CT molecular complexity index is 972. The van der Waals surface area contributed by atoms with E-state index in [4.69, 9.17) is 4.74 Å². The first-order valence-corrected chi connectivity index (χ1v) is 13.1. The molecule has 2 atom stereocenters. The van der Waals surface area contributed by atoms with Crippen molar-refractivity contribution in [3.8, 4) is 5.88 Å². The second-order valence-electron chi connectivity index (χ2n) is 9.91. The molecular weight excluding hydrogens is 444 g/mol. The van der Waals surface area contributed by atoms with Crippen LogP contribution >= 0.6 is 23.1 Å². The smallest absolute Gasteiger partial charge is 0.258 e. The largest absolute Gasteiger partial charge is 0.477 e. The highest BCUT2D eigenvalue weighted by Gasteiger charge is 2.55. The fourth-order valence-electron chi connectivity index (χ4n) is 5.86. The molecule has 7 nitrogen and oxygen atoms in total. The van der Waals surface area contributed by atoms with E-state index in [0.29, 0.717) is 41.7 Å². The number of aliphatic hydroxyl groups is 1. The highest BCUT2D eigenvalue weighted by molar-refractivity contribution is 8.03. The minimum Gasteiger partial charge on any atom is -0.477 e. The Morgan fingerprint density at radius 3 is 2.84 bits per heavy atom. The standard InChI is InChI=1S/C23H30N4O3S2/c1-14(2)13-30-21-18(12-25-27(21)4-6-32-22-24-3-5-31-22)20(28)26-19-16-7-15-8-17(19)11-23(29,9-15)10-16/h3-6,12,14-17,19,29H,7-11,13H2,1-2H3,(H,26,28). The third-order valence-corrected chi connectivity index (χ3v) is 8.57. The lowest BCUT2D eigenvalue weighted by atomic mass is 9.52. The van der Waals surface area contributed by atoms with Crippen molar-refractivity contribution >= 4 is 35.2 Å². The lowest BCUT2D eigenvalue weighted by molar-refractivity contribution is -0.136. The molecule has 0 spiro atoms. The van der Waals surface area contributed by atoms with E-state index in [0.717, 1.165) is 36.4 Å². The van der Waals surface area contributed by atoms with Gasteiger partial charge in [0.05, 0.1) is 18.4 Å². The topological polar surface area (TPSA) is 89.3 Å². The Morgan fingerprint density at radius 2 is 2.19 bits per heavy atom. The van der Waals surface area contributed by atoms with Gasteiger partial charge in [-0.05, 0) is 61.2 Å². The van der Waals surface area contributed by atoms with Crippen LogP contribution in [0, 0.1) is 23.7 Å². The predicted molar refractivity (Wildman–Crippen MR) is 126 cm³/mol. The van der Waals surface area contributed by atoms with Gasteiger partial charge < -0.3 is 15.2 Å². The number of aromatic nitrogens is 3. The van der Waals surface area contributed by atoms with E-state index in [9.17, 15) is 9.90 Å². The number of carbonyl (C=O) groups is 1. The van der Waals surface area contributed by atoms with Gasteiger partial charge in [0.15, 0.2) is 4.34 Å². The number of carbonyl (C=O) groups excluding carboxylic acids is 1. The molecule has 4 aliphatic rings. The third-order valence-electron chi connectivity index (χ3n) is 6.87. The Hall–Kier alpha value is -1.84.